The molecule has 2 atom stereocenters. The van der Waals surface area contributed by atoms with Gasteiger partial charge in [-0.2, -0.15) is 0 Å². The number of nitrogens with one attached hydrogen (secondary N) is 1. The van der Waals surface area contributed by atoms with E-state index < -0.39 is 6.04 Å². The van der Waals surface area contributed by atoms with Crippen molar-refractivity contribution in [2.75, 3.05) is 6.54 Å². The van der Waals surface area contributed by atoms with Gasteiger partial charge in [0.2, 0.25) is 11.8 Å². The van der Waals surface area contributed by atoms with Crippen molar-refractivity contribution in [3.63, 3.8) is 0 Å². The monoisotopic (exact) mass is 308 g/mol. The van der Waals surface area contributed by atoms with Gasteiger partial charge in [0.1, 0.15) is 12.6 Å². The largest absolute Gasteiger partial charge is 0.342 e. The van der Waals surface area contributed by atoms with Gasteiger partial charge in [-0.25, -0.2) is 0 Å². The molecule has 2 amide bonds. The Morgan fingerprint density at radius 3 is 2.43 bits per heavy atom. The minimum absolute atomic E-state index is 0.0119. The normalized spacial score (nSPS) is 21.4. The van der Waals surface area contributed by atoms with Crippen LogP contribution in [0.3, 0.4) is 0 Å². The summed E-state index contributed by atoms with van der Waals surface area (Å²) in [7, 11) is 0. The standard InChI is InChI=1S/C16H24N2O2S/c1-9-7-12(11(3)21-9)10(2)18-8-13(19)17-14(15(18)20)16(4,5)6/h7,10,14H,8H2,1-6H3,(H,17,19). The molecule has 1 fully saturated rings. The summed E-state index contributed by atoms with van der Waals surface area (Å²) in [6.45, 7) is 12.2. The van der Waals surface area contributed by atoms with Crippen molar-refractivity contribution in [2.45, 2.75) is 53.6 Å². The first-order valence-corrected chi connectivity index (χ1v) is 8.09. The highest BCUT2D eigenvalue weighted by atomic mass is 32.1. The van der Waals surface area contributed by atoms with Crippen LogP contribution in [0.1, 0.15) is 49.1 Å². The van der Waals surface area contributed by atoms with E-state index in [1.54, 1.807) is 16.2 Å². The molecule has 1 aromatic rings. The van der Waals surface area contributed by atoms with Crippen LogP contribution >= 0.6 is 11.3 Å². The van der Waals surface area contributed by atoms with E-state index in [4.69, 9.17) is 0 Å². The third-order valence-electron chi connectivity index (χ3n) is 4.01. The molecule has 1 aliphatic heterocycles. The third kappa shape index (κ3) is 3.12. The average Bonchev–Trinajstić information content (AvgIpc) is 2.68. The number of piperazine rings is 1. The highest BCUT2D eigenvalue weighted by Crippen LogP contribution is 2.32. The Bertz CT molecular complexity index is 571. The van der Waals surface area contributed by atoms with Crippen LogP contribution in [0, 0.1) is 19.3 Å². The molecule has 0 spiro atoms. The van der Waals surface area contributed by atoms with Gasteiger partial charge in [-0.1, -0.05) is 20.8 Å². The fourth-order valence-electron chi connectivity index (χ4n) is 2.81. The zero-order valence-electron chi connectivity index (χ0n) is 13.6. The molecule has 0 aromatic carbocycles. The van der Waals surface area contributed by atoms with E-state index in [1.807, 2.05) is 27.7 Å². The zero-order chi connectivity index (χ0) is 15.9. The van der Waals surface area contributed by atoms with Gasteiger partial charge in [0, 0.05) is 9.75 Å². The summed E-state index contributed by atoms with van der Waals surface area (Å²) in [4.78, 5) is 28.9. The molecular weight excluding hydrogens is 284 g/mol. The van der Waals surface area contributed by atoms with Crippen LogP contribution in [-0.2, 0) is 9.59 Å². The van der Waals surface area contributed by atoms with Gasteiger partial charge in [-0.05, 0) is 37.8 Å². The SMILES string of the molecule is Cc1cc(C(C)N2CC(=O)NC(C(C)(C)C)C2=O)c(C)s1. The second kappa shape index (κ2) is 5.44. The molecule has 0 bridgehead atoms. The Morgan fingerprint density at radius 2 is 1.95 bits per heavy atom. The molecular formula is C16H24N2O2S. The maximum Gasteiger partial charge on any atom is 0.246 e. The Balaban J connectivity index is 2.31. The second-order valence-electron chi connectivity index (χ2n) is 6.88. The van der Waals surface area contributed by atoms with E-state index >= 15 is 0 Å². The Kier molecular flexibility index (Phi) is 4.15. The molecule has 0 aliphatic carbocycles. The molecule has 0 saturated carbocycles. The van der Waals surface area contributed by atoms with Gasteiger partial charge in [0.05, 0.1) is 6.04 Å². The molecule has 1 N–H and O–H groups in total. The number of carbonyl (C=O) groups is 2. The smallest absolute Gasteiger partial charge is 0.246 e. The number of aryl methyl sites for hydroxylation is 2. The Morgan fingerprint density at radius 1 is 1.33 bits per heavy atom. The first-order chi connectivity index (χ1) is 9.61. The van der Waals surface area contributed by atoms with Crippen LogP contribution in [0.15, 0.2) is 6.07 Å². The lowest BCUT2D eigenvalue weighted by atomic mass is 9.84. The summed E-state index contributed by atoms with van der Waals surface area (Å²) in [5.41, 5.74) is 0.860. The summed E-state index contributed by atoms with van der Waals surface area (Å²) in [6.07, 6.45) is 0. The minimum Gasteiger partial charge on any atom is -0.342 e. The molecule has 1 saturated heterocycles. The predicted octanol–water partition coefficient (Wildman–Crippen LogP) is 2.80. The molecule has 5 heteroatoms. The molecule has 2 heterocycles. The lowest BCUT2D eigenvalue weighted by Gasteiger charge is -2.41. The number of nitrogens with zero attached hydrogens (tertiary/aromatic N) is 1. The van der Waals surface area contributed by atoms with Crippen molar-refractivity contribution in [3.8, 4) is 0 Å². The molecule has 1 aliphatic rings. The predicted molar refractivity (Wildman–Crippen MR) is 85.3 cm³/mol. The third-order valence-corrected chi connectivity index (χ3v) is 4.99. The van der Waals surface area contributed by atoms with E-state index in [0.29, 0.717) is 0 Å². The first-order valence-electron chi connectivity index (χ1n) is 7.28. The van der Waals surface area contributed by atoms with Crippen molar-refractivity contribution < 1.29 is 9.59 Å². The molecule has 2 unspecified atom stereocenters. The van der Waals surface area contributed by atoms with Crippen LogP contribution in [0.4, 0.5) is 0 Å². The maximum atomic E-state index is 12.8. The Hall–Kier alpha value is -1.36. The van der Waals surface area contributed by atoms with E-state index in [2.05, 4.69) is 25.2 Å². The summed E-state index contributed by atoms with van der Waals surface area (Å²) in [6, 6.07) is 1.59. The molecule has 1 aromatic heterocycles. The number of rotatable bonds is 2. The maximum absolute atomic E-state index is 12.8. The first kappa shape index (κ1) is 16.0. The number of hydrogen-bond donors (Lipinski definition) is 1. The van der Waals surface area contributed by atoms with Crippen LogP contribution in [-0.4, -0.2) is 29.3 Å². The van der Waals surface area contributed by atoms with Crippen molar-refractivity contribution in [3.05, 3.63) is 21.4 Å². The lowest BCUT2D eigenvalue weighted by Crippen LogP contribution is -2.62. The molecule has 116 valence electrons. The second-order valence-corrected chi connectivity index (χ2v) is 8.34. The number of thiophene rings is 1. The van der Waals surface area contributed by atoms with Crippen LogP contribution in [0.2, 0.25) is 0 Å². The summed E-state index contributed by atoms with van der Waals surface area (Å²) < 4.78 is 0. The highest BCUT2D eigenvalue weighted by molar-refractivity contribution is 7.12. The molecule has 0 radical (unpaired) electrons. The van der Waals surface area contributed by atoms with E-state index in [-0.39, 0.29) is 29.8 Å². The molecule has 2 rings (SSSR count). The number of amides is 2. The quantitative estimate of drug-likeness (QED) is 0.913. The van der Waals surface area contributed by atoms with E-state index in [0.717, 1.165) is 5.56 Å². The fraction of sp³-hybridized carbons (Fsp3) is 0.625. The zero-order valence-corrected chi connectivity index (χ0v) is 14.4. The minimum atomic E-state index is -0.457. The van der Waals surface area contributed by atoms with Crippen LogP contribution in [0.5, 0.6) is 0 Å². The van der Waals surface area contributed by atoms with E-state index in [9.17, 15) is 9.59 Å². The number of carbonyl (C=O) groups excluding carboxylic acids is 2. The van der Waals surface area contributed by atoms with Gasteiger partial charge in [0.25, 0.3) is 0 Å². The topological polar surface area (TPSA) is 49.4 Å². The van der Waals surface area contributed by atoms with Crippen molar-refractivity contribution >= 4 is 23.2 Å². The van der Waals surface area contributed by atoms with Gasteiger partial charge in [0.15, 0.2) is 0 Å². The summed E-state index contributed by atoms with van der Waals surface area (Å²) in [5.74, 6) is -0.0659. The Labute approximate surface area is 130 Å². The van der Waals surface area contributed by atoms with Crippen LogP contribution in [0.25, 0.3) is 0 Å². The molecule has 4 nitrogen and oxygen atoms in total. The van der Waals surface area contributed by atoms with Gasteiger partial charge < -0.3 is 10.2 Å². The van der Waals surface area contributed by atoms with Gasteiger partial charge >= 0.3 is 0 Å². The summed E-state index contributed by atoms with van der Waals surface area (Å²) >= 11 is 1.73. The number of hydrogen-bond acceptors (Lipinski definition) is 3. The summed E-state index contributed by atoms with van der Waals surface area (Å²) in [5, 5.41) is 2.83. The average molecular weight is 308 g/mol. The lowest BCUT2D eigenvalue weighted by molar-refractivity contribution is -0.149. The van der Waals surface area contributed by atoms with Gasteiger partial charge in [-0.3, -0.25) is 9.59 Å². The van der Waals surface area contributed by atoms with E-state index in [1.165, 1.54) is 9.75 Å². The fourth-order valence-corrected chi connectivity index (χ4v) is 3.83. The molecule has 21 heavy (non-hydrogen) atoms. The van der Waals surface area contributed by atoms with Crippen molar-refractivity contribution in [1.82, 2.24) is 10.2 Å². The van der Waals surface area contributed by atoms with Crippen molar-refractivity contribution in [1.29, 1.82) is 0 Å². The highest BCUT2D eigenvalue weighted by Gasteiger charge is 2.41. The van der Waals surface area contributed by atoms with Gasteiger partial charge in [-0.15, -0.1) is 11.3 Å². The van der Waals surface area contributed by atoms with Crippen LogP contribution < -0.4 is 5.32 Å². The van der Waals surface area contributed by atoms with Crippen molar-refractivity contribution in [2.24, 2.45) is 5.41 Å².